The van der Waals surface area contributed by atoms with Crippen molar-refractivity contribution in [2.24, 2.45) is 0 Å². The minimum absolute atomic E-state index is 0.0996. The van der Waals surface area contributed by atoms with Crippen molar-refractivity contribution in [1.29, 1.82) is 5.26 Å². The second-order valence-electron chi connectivity index (χ2n) is 5.30. The average Bonchev–Trinajstić information content (AvgIpc) is 3.12. The molecule has 0 fully saturated rings. The summed E-state index contributed by atoms with van der Waals surface area (Å²) < 4.78 is 47.4. The molecule has 0 aliphatic heterocycles. The van der Waals surface area contributed by atoms with Crippen molar-refractivity contribution in [3.8, 4) is 6.07 Å². The minimum Gasteiger partial charge on any atom is -0.465 e. The zero-order valence-corrected chi connectivity index (χ0v) is 13.9. The second kappa shape index (κ2) is 8.23. The van der Waals surface area contributed by atoms with Crippen molar-refractivity contribution >= 4 is 23.6 Å². The number of rotatable bonds is 5. The van der Waals surface area contributed by atoms with E-state index in [-0.39, 0.29) is 17.0 Å². The van der Waals surface area contributed by atoms with Crippen LogP contribution in [0.25, 0.3) is 6.08 Å². The number of carbonyl (C=O) groups excluding carboxylic acids is 2. The van der Waals surface area contributed by atoms with Crippen LogP contribution >= 0.6 is 0 Å². The molecule has 2 rings (SSSR count). The maximum Gasteiger partial charge on any atom is 0.416 e. The first-order chi connectivity index (χ1) is 12.7. The first kappa shape index (κ1) is 19.8. The molecular formula is C18H13F3N2O4. The lowest BCUT2D eigenvalue weighted by Crippen LogP contribution is -2.30. The second-order valence-corrected chi connectivity index (χ2v) is 5.30. The van der Waals surface area contributed by atoms with Crippen LogP contribution in [0.1, 0.15) is 18.2 Å². The van der Waals surface area contributed by atoms with E-state index in [2.05, 4.69) is 5.32 Å². The summed E-state index contributed by atoms with van der Waals surface area (Å²) in [7, 11) is 0. The zero-order valence-electron chi connectivity index (χ0n) is 13.9. The molecule has 1 aromatic carbocycles. The number of hydrogen-bond donors (Lipinski definition) is 1. The van der Waals surface area contributed by atoms with Crippen molar-refractivity contribution in [3.63, 3.8) is 0 Å². The highest BCUT2D eigenvalue weighted by Gasteiger charge is 2.30. The number of anilines is 1. The lowest BCUT2D eigenvalue weighted by Gasteiger charge is -2.13. The summed E-state index contributed by atoms with van der Waals surface area (Å²) in [5.74, 6) is -1.55. The largest absolute Gasteiger partial charge is 0.465 e. The van der Waals surface area contributed by atoms with Crippen molar-refractivity contribution in [2.75, 3.05) is 5.32 Å². The van der Waals surface area contributed by atoms with Gasteiger partial charge in [0.05, 0.1) is 11.8 Å². The molecular weight excluding hydrogens is 365 g/mol. The lowest BCUT2D eigenvalue weighted by atomic mass is 10.2. The number of alkyl halides is 3. The number of nitriles is 1. The van der Waals surface area contributed by atoms with Crippen molar-refractivity contribution in [2.45, 2.75) is 19.2 Å². The van der Waals surface area contributed by atoms with Gasteiger partial charge in [-0.15, -0.1) is 0 Å². The molecule has 1 atom stereocenters. The molecule has 6 nitrogen and oxygen atoms in total. The predicted octanol–water partition coefficient (Wildman–Crippen LogP) is 3.78. The Morgan fingerprint density at radius 2 is 1.93 bits per heavy atom. The van der Waals surface area contributed by atoms with Gasteiger partial charge in [-0.3, -0.25) is 4.79 Å². The van der Waals surface area contributed by atoms with Crippen LogP contribution in [0.3, 0.4) is 0 Å². The maximum absolute atomic E-state index is 12.5. The SMILES string of the molecule is C[C@H](OC(=O)/C(C#N)=C/c1ccco1)C(=O)Nc1ccc(C(F)(F)F)cc1. The number of esters is 1. The Labute approximate surface area is 151 Å². The fourth-order valence-corrected chi connectivity index (χ4v) is 1.92. The molecule has 27 heavy (non-hydrogen) atoms. The molecule has 1 heterocycles. The van der Waals surface area contributed by atoms with Gasteiger partial charge in [-0.25, -0.2) is 4.79 Å². The Balaban J connectivity index is 1.98. The smallest absolute Gasteiger partial charge is 0.416 e. The number of benzene rings is 1. The van der Waals surface area contributed by atoms with Crippen LogP contribution in [0.4, 0.5) is 18.9 Å². The number of nitrogens with one attached hydrogen (secondary N) is 1. The Hall–Kier alpha value is -3.54. The van der Waals surface area contributed by atoms with E-state index in [0.717, 1.165) is 30.3 Å². The van der Waals surface area contributed by atoms with Crippen molar-refractivity contribution < 1.29 is 31.9 Å². The standard InChI is InChI=1S/C18H13F3N2O4/c1-11(27-17(25)12(10-22)9-15-3-2-8-26-15)16(24)23-14-6-4-13(5-7-14)18(19,20)21/h2-9,11H,1H3,(H,23,24)/b12-9+/t11-/m0/s1. The van der Waals surface area contributed by atoms with Gasteiger partial charge in [0.15, 0.2) is 6.10 Å². The average molecular weight is 378 g/mol. The first-order valence-electron chi connectivity index (χ1n) is 7.55. The van der Waals surface area contributed by atoms with Gasteiger partial charge in [0.25, 0.3) is 5.91 Å². The van der Waals surface area contributed by atoms with Crippen LogP contribution in [0.5, 0.6) is 0 Å². The Morgan fingerprint density at radius 3 is 2.44 bits per heavy atom. The van der Waals surface area contributed by atoms with E-state index in [9.17, 15) is 22.8 Å². The molecule has 0 aliphatic carbocycles. The molecule has 2 aromatic rings. The molecule has 0 unspecified atom stereocenters. The minimum atomic E-state index is -4.49. The van der Waals surface area contributed by atoms with Gasteiger partial charge in [-0.2, -0.15) is 18.4 Å². The Morgan fingerprint density at radius 1 is 1.26 bits per heavy atom. The summed E-state index contributed by atoms with van der Waals surface area (Å²) in [6.07, 6.45) is -3.26. The van der Waals surface area contributed by atoms with Gasteiger partial charge in [0.1, 0.15) is 17.4 Å². The molecule has 0 saturated carbocycles. The number of hydrogen-bond acceptors (Lipinski definition) is 5. The summed E-state index contributed by atoms with van der Waals surface area (Å²) in [5, 5.41) is 11.3. The van der Waals surface area contributed by atoms with E-state index in [1.165, 1.54) is 19.3 Å². The summed E-state index contributed by atoms with van der Waals surface area (Å²) in [5.41, 5.74) is -1.14. The monoisotopic (exact) mass is 378 g/mol. The number of carbonyl (C=O) groups is 2. The Kier molecular flexibility index (Phi) is 6.03. The summed E-state index contributed by atoms with van der Waals surface area (Å²) in [6, 6.07) is 8.50. The molecule has 140 valence electrons. The fourth-order valence-electron chi connectivity index (χ4n) is 1.92. The highest BCUT2D eigenvalue weighted by Crippen LogP contribution is 2.29. The molecule has 1 N–H and O–H groups in total. The molecule has 9 heteroatoms. The molecule has 0 radical (unpaired) electrons. The van der Waals surface area contributed by atoms with Gasteiger partial charge in [-0.05, 0) is 43.3 Å². The number of furan rings is 1. The molecule has 1 amide bonds. The van der Waals surface area contributed by atoms with Gasteiger partial charge in [-0.1, -0.05) is 0 Å². The van der Waals surface area contributed by atoms with Crippen molar-refractivity contribution in [1.82, 2.24) is 0 Å². The third-order valence-corrected chi connectivity index (χ3v) is 3.30. The Bertz CT molecular complexity index is 879. The van der Waals surface area contributed by atoms with Gasteiger partial charge < -0.3 is 14.5 Å². The van der Waals surface area contributed by atoms with E-state index in [0.29, 0.717) is 0 Å². The van der Waals surface area contributed by atoms with E-state index < -0.39 is 29.7 Å². The molecule has 0 saturated heterocycles. The van der Waals surface area contributed by atoms with Gasteiger partial charge in [0.2, 0.25) is 0 Å². The number of nitrogens with zero attached hydrogens (tertiary/aromatic N) is 1. The predicted molar refractivity (Wildman–Crippen MR) is 87.9 cm³/mol. The lowest BCUT2D eigenvalue weighted by molar-refractivity contribution is -0.148. The normalized spacial score (nSPS) is 12.8. The zero-order chi connectivity index (χ0) is 20.0. The van der Waals surface area contributed by atoms with E-state index >= 15 is 0 Å². The highest BCUT2D eigenvalue weighted by atomic mass is 19.4. The number of amides is 1. The van der Waals surface area contributed by atoms with E-state index in [1.54, 1.807) is 12.1 Å². The third kappa shape index (κ3) is 5.47. The van der Waals surface area contributed by atoms with Crippen LogP contribution in [0, 0.1) is 11.3 Å². The topological polar surface area (TPSA) is 92.3 Å². The van der Waals surface area contributed by atoms with Crippen LogP contribution in [-0.4, -0.2) is 18.0 Å². The third-order valence-electron chi connectivity index (χ3n) is 3.30. The first-order valence-corrected chi connectivity index (χ1v) is 7.55. The fraction of sp³-hybridized carbons (Fsp3) is 0.167. The molecule has 1 aromatic heterocycles. The van der Waals surface area contributed by atoms with Gasteiger partial charge in [0, 0.05) is 11.8 Å². The van der Waals surface area contributed by atoms with Gasteiger partial charge >= 0.3 is 12.1 Å². The summed E-state index contributed by atoms with van der Waals surface area (Å²) in [4.78, 5) is 24.0. The molecule has 0 aliphatic rings. The number of ether oxygens (including phenoxy) is 1. The molecule has 0 spiro atoms. The summed E-state index contributed by atoms with van der Waals surface area (Å²) >= 11 is 0. The van der Waals surface area contributed by atoms with Crippen molar-refractivity contribution in [3.05, 3.63) is 59.6 Å². The maximum atomic E-state index is 12.5. The number of halogens is 3. The molecule has 0 bridgehead atoms. The van der Waals surface area contributed by atoms with E-state index in [1.807, 2.05) is 0 Å². The quantitative estimate of drug-likeness (QED) is 0.486. The summed E-state index contributed by atoms with van der Waals surface area (Å²) in [6.45, 7) is 1.26. The van der Waals surface area contributed by atoms with Crippen LogP contribution in [0.2, 0.25) is 0 Å². The highest BCUT2D eigenvalue weighted by molar-refractivity contribution is 6.00. The van der Waals surface area contributed by atoms with Crippen LogP contribution < -0.4 is 5.32 Å². The van der Waals surface area contributed by atoms with Crippen LogP contribution in [0.15, 0.2) is 52.7 Å². The van der Waals surface area contributed by atoms with Crippen LogP contribution in [-0.2, 0) is 20.5 Å². The van der Waals surface area contributed by atoms with E-state index in [4.69, 9.17) is 14.4 Å².